The van der Waals surface area contributed by atoms with Gasteiger partial charge in [0, 0.05) is 24.7 Å². The number of carbonyl (C=O) groups excluding carboxylic acids is 1. The molecule has 2 rings (SSSR count). The van der Waals surface area contributed by atoms with Crippen molar-refractivity contribution in [1.82, 2.24) is 0 Å². The molecule has 1 aliphatic heterocycles. The number of rotatable bonds is 2. The fourth-order valence-electron chi connectivity index (χ4n) is 2.72. The average molecular weight is 246 g/mol. The Labute approximate surface area is 109 Å². The molecule has 18 heavy (non-hydrogen) atoms. The Balaban J connectivity index is 2.40. The molecular formula is C15H22N2O. The van der Waals surface area contributed by atoms with E-state index in [1.165, 1.54) is 11.1 Å². The second-order valence-electron chi connectivity index (χ2n) is 5.18. The van der Waals surface area contributed by atoms with E-state index in [1.807, 2.05) is 4.90 Å². The SMILES string of the molecule is CCC(N)c1ccc2c(c1)CCC(C)N2C(C)=O. The molecule has 0 saturated carbocycles. The van der Waals surface area contributed by atoms with Gasteiger partial charge in [-0.15, -0.1) is 0 Å². The Morgan fingerprint density at radius 2 is 2.28 bits per heavy atom. The van der Waals surface area contributed by atoms with Gasteiger partial charge in [0.2, 0.25) is 5.91 Å². The fraction of sp³-hybridized carbons (Fsp3) is 0.533. The summed E-state index contributed by atoms with van der Waals surface area (Å²) in [5, 5.41) is 0. The number of anilines is 1. The summed E-state index contributed by atoms with van der Waals surface area (Å²) in [6.45, 7) is 5.83. The van der Waals surface area contributed by atoms with Gasteiger partial charge in [-0.25, -0.2) is 0 Å². The molecule has 1 aromatic rings. The zero-order valence-corrected chi connectivity index (χ0v) is 11.4. The maximum atomic E-state index is 11.7. The summed E-state index contributed by atoms with van der Waals surface area (Å²) < 4.78 is 0. The Bertz CT molecular complexity index is 456. The first-order valence-electron chi connectivity index (χ1n) is 6.72. The van der Waals surface area contributed by atoms with Crippen LogP contribution in [0.4, 0.5) is 5.69 Å². The number of nitrogens with two attached hydrogens (primary N) is 1. The number of fused-ring (bicyclic) bond motifs is 1. The van der Waals surface area contributed by atoms with Crippen molar-refractivity contribution in [2.24, 2.45) is 5.73 Å². The smallest absolute Gasteiger partial charge is 0.224 e. The Kier molecular flexibility index (Phi) is 3.71. The van der Waals surface area contributed by atoms with E-state index in [2.05, 4.69) is 32.0 Å². The maximum Gasteiger partial charge on any atom is 0.224 e. The van der Waals surface area contributed by atoms with Gasteiger partial charge in [0.15, 0.2) is 0 Å². The lowest BCUT2D eigenvalue weighted by Crippen LogP contribution is -2.40. The van der Waals surface area contributed by atoms with E-state index in [4.69, 9.17) is 5.73 Å². The van der Waals surface area contributed by atoms with Crippen LogP contribution >= 0.6 is 0 Å². The minimum atomic E-state index is 0.0976. The summed E-state index contributed by atoms with van der Waals surface area (Å²) >= 11 is 0. The molecular weight excluding hydrogens is 224 g/mol. The number of carbonyl (C=O) groups is 1. The third-order valence-electron chi connectivity index (χ3n) is 3.84. The summed E-state index contributed by atoms with van der Waals surface area (Å²) in [7, 11) is 0. The van der Waals surface area contributed by atoms with Crippen LogP contribution in [0.5, 0.6) is 0 Å². The van der Waals surface area contributed by atoms with Crippen LogP contribution in [-0.4, -0.2) is 11.9 Å². The molecule has 98 valence electrons. The summed E-state index contributed by atoms with van der Waals surface area (Å²) in [6.07, 6.45) is 2.99. The molecule has 2 N–H and O–H groups in total. The lowest BCUT2D eigenvalue weighted by molar-refractivity contribution is -0.117. The fourth-order valence-corrected chi connectivity index (χ4v) is 2.72. The van der Waals surface area contributed by atoms with Crippen LogP contribution in [0, 0.1) is 0 Å². The predicted octanol–water partition coefficient (Wildman–Crippen LogP) is 2.78. The van der Waals surface area contributed by atoms with Crippen molar-refractivity contribution >= 4 is 11.6 Å². The zero-order chi connectivity index (χ0) is 13.3. The molecule has 0 fully saturated rings. The van der Waals surface area contributed by atoms with Crippen LogP contribution in [0.15, 0.2) is 18.2 Å². The topological polar surface area (TPSA) is 46.3 Å². The molecule has 0 spiro atoms. The molecule has 1 heterocycles. The molecule has 0 radical (unpaired) electrons. The highest BCUT2D eigenvalue weighted by Crippen LogP contribution is 2.32. The van der Waals surface area contributed by atoms with E-state index in [9.17, 15) is 4.79 Å². The van der Waals surface area contributed by atoms with Gasteiger partial charge in [-0.3, -0.25) is 4.79 Å². The van der Waals surface area contributed by atoms with Crippen molar-refractivity contribution in [2.45, 2.75) is 52.1 Å². The van der Waals surface area contributed by atoms with Crippen molar-refractivity contribution < 1.29 is 4.79 Å². The monoisotopic (exact) mass is 246 g/mol. The van der Waals surface area contributed by atoms with E-state index in [0.29, 0.717) is 6.04 Å². The van der Waals surface area contributed by atoms with E-state index >= 15 is 0 Å². The van der Waals surface area contributed by atoms with E-state index in [-0.39, 0.29) is 11.9 Å². The Morgan fingerprint density at radius 1 is 1.56 bits per heavy atom. The van der Waals surface area contributed by atoms with Crippen LogP contribution in [0.25, 0.3) is 0 Å². The van der Waals surface area contributed by atoms with Crippen molar-refractivity contribution in [3.8, 4) is 0 Å². The highest BCUT2D eigenvalue weighted by atomic mass is 16.2. The molecule has 3 nitrogen and oxygen atoms in total. The van der Waals surface area contributed by atoms with Gasteiger partial charge in [-0.1, -0.05) is 19.1 Å². The van der Waals surface area contributed by atoms with Crippen molar-refractivity contribution in [3.05, 3.63) is 29.3 Å². The molecule has 2 unspecified atom stereocenters. The zero-order valence-electron chi connectivity index (χ0n) is 11.4. The van der Waals surface area contributed by atoms with Crippen LogP contribution in [0.2, 0.25) is 0 Å². The standard InChI is InChI=1S/C15H22N2O/c1-4-14(16)12-7-8-15-13(9-12)6-5-10(2)17(15)11(3)18/h7-10,14H,4-6,16H2,1-3H3. The molecule has 0 saturated heterocycles. The summed E-state index contributed by atoms with van der Waals surface area (Å²) in [4.78, 5) is 13.7. The normalized spacial score (nSPS) is 20.4. The number of aryl methyl sites for hydroxylation is 1. The van der Waals surface area contributed by atoms with Gasteiger partial charge in [0.1, 0.15) is 0 Å². The van der Waals surface area contributed by atoms with Gasteiger partial charge >= 0.3 is 0 Å². The highest BCUT2D eigenvalue weighted by molar-refractivity contribution is 5.93. The van der Waals surface area contributed by atoms with E-state index in [0.717, 1.165) is 24.9 Å². The molecule has 3 heteroatoms. The quantitative estimate of drug-likeness (QED) is 0.872. The van der Waals surface area contributed by atoms with E-state index in [1.54, 1.807) is 6.92 Å². The largest absolute Gasteiger partial charge is 0.324 e. The molecule has 2 atom stereocenters. The number of amides is 1. The highest BCUT2D eigenvalue weighted by Gasteiger charge is 2.26. The first kappa shape index (κ1) is 13.1. The molecule has 0 bridgehead atoms. The van der Waals surface area contributed by atoms with Gasteiger partial charge < -0.3 is 10.6 Å². The summed E-state index contributed by atoms with van der Waals surface area (Å²) in [5.41, 5.74) is 9.56. The first-order valence-corrected chi connectivity index (χ1v) is 6.72. The van der Waals surface area contributed by atoms with Gasteiger partial charge in [-0.05, 0) is 43.4 Å². The predicted molar refractivity (Wildman–Crippen MR) is 74.6 cm³/mol. The number of benzene rings is 1. The van der Waals surface area contributed by atoms with Crippen LogP contribution < -0.4 is 10.6 Å². The molecule has 1 aromatic carbocycles. The van der Waals surface area contributed by atoms with Crippen molar-refractivity contribution in [2.75, 3.05) is 4.90 Å². The van der Waals surface area contributed by atoms with Gasteiger partial charge in [-0.2, -0.15) is 0 Å². The van der Waals surface area contributed by atoms with Crippen LogP contribution in [0.1, 0.15) is 50.8 Å². The van der Waals surface area contributed by atoms with Crippen molar-refractivity contribution in [3.63, 3.8) is 0 Å². The van der Waals surface area contributed by atoms with Gasteiger partial charge in [0.05, 0.1) is 0 Å². The van der Waals surface area contributed by atoms with Gasteiger partial charge in [0.25, 0.3) is 0 Å². The number of hydrogen-bond donors (Lipinski definition) is 1. The molecule has 0 aliphatic carbocycles. The molecule has 1 aliphatic rings. The Morgan fingerprint density at radius 3 is 2.89 bits per heavy atom. The molecule has 0 aromatic heterocycles. The third-order valence-corrected chi connectivity index (χ3v) is 3.84. The van der Waals surface area contributed by atoms with E-state index < -0.39 is 0 Å². The van der Waals surface area contributed by atoms with Crippen LogP contribution in [-0.2, 0) is 11.2 Å². The minimum Gasteiger partial charge on any atom is -0.324 e. The first-order chi connectivity index (χ1) is 8.54. The average Bonchev–Trinajstić information content (AvgIpc) is 2.36. The summed E-state index contributed by atoms with van der Waals surface area (Å²) in [6, 6.07) is 6.67. The lowest BCUT2D eigenvalue weighted by atomic mass is 9.93. The number of nitrogens with zero attached hydrogens (tertiary/aromatic N) is 1. The second kappa shape index (κ2) is 5.11. The van der Waals surface area contributed by atoms with Crippen LogP contribution in [0.3, 0.4) is 0 Å². The number of hydrogen-bond acceptors (Lipinski definition) is 2. The minimum absolute atomic E-state index is 0.0976. The Hall–Kier alpha value is -1.35. The summed E-state index contributed by atoms with van der Waals surface area (Å²) in [5.74, 6) is 0.121. The molecule has 1 amide bonds. The third kappa shape index (κ3) is 2.27. The van der Waals surface area contributed by atoms with Crippen molar-refractivity contribution in [1.29, 1.82) is 0 Å². The lowest BCUT2D eigenvalue weighted by Gasteiger charge is -2.35. The second-order valence-corrected chi connectivity index (χ2v) is 5.18. The maximum absolute atomic E-state index is 11.7.